The summed E-state index contributed by atoms with van der Waals surface area (Å²) in [6, 6.07) is 8.39. The van der Waals surface area contributed by atoms with E-state index in [2.05, 4.69) is 16.9 Å². The number of halogens is 1. The Bertz CT molecular complexity index is 724. The van der Waals surface area contributed by atoms with Gasteiger partial charge in [0.25, 0.3) is 5.56 Å². The molecule has 0 fully saturated rings. The maximum absolute atomic E-state index is 13.0. The van der Waals surface area contributed by atoms with Crippen molar-refractivity contribution in [2.75, 3.05) is 13.1 Å². The van der Waals surface area contributed by atoms with E-state index in [9.17, 15) is 9.18 Å². The molecule has 1 aliphatic heterocycles. The molecule has 0 bridgehead atoms. The van der Waals surface area contributed by atoms with Crippen LogP contribution in [0.15, 0.2) is 35.1 Å². The fraction of sp³-hybridized carbons (Fsp3) is 0.412. The molecule has 0 spiro atoms. The Morgan fingerprint density at radius 3 is 2.77 bits per heavy atom. The summed E-state index contributed by atoms with van der Waals surface area (Å²) >= 11 is 0. The van der Waals surface area contributed by atoms with Crippen molar-refractivity contribution in [2.24, 2.45) is 7.05 Å². The zero-order valence-electron chi connectivity index (χ0n) is 12.9. The summed E-state index contributed by atoms with van der Waals surface area (Å²) < 4.78 is 14.4. The van der Waals surface area contributed by atoms with E-state index in [1.807, 2.05) is 12.1 Å². The van der Waals surface area contributed by atoms with Crippen molar-refractivity contribution in [2.45, 2.75) is 25.8 Å². The molecule has 0 aliphatic carbocycles. The first kappa shape index (κ1) is 14.9. The van der Waals surface area contributed by atoms with Crippen LogP contribution < -0.4 is 5.56 Å². The standard InChI is InChI=1S/C17H20FN3O/c1-12(13-3-5-15(18)6-4-13)10-21-8-7-16-14(11-21)9-17(22)20(2)19-16/h3-6,9,12H,7-8,10-11H2,1-2H3. The highest BCUT2D eigenvalue weighted by atomic mass is 19.1. The number of benzene rings is 1. The molecule has 1 aromatic carbocycles. The van der Waals surface area contributed by atoms with E-state index < -0.39 is 0 Å². The van der Waals surface area contributed by atoms with E-state index in [1.165, 1.54) is 16.8 Å². The highest BCUT2D eigenvalue weighted by Gasteiger charge is 2.20. The second-order valence-electron chi connectivity index (χ2n) is 6.02. The summed E-state index contributed by atoms with van der Waals surface area (Å²) in [6.07, 6.45) is 0.861. The van der Waals surface area contributed by atoms with Gasteiger partial charge >= 0.3 is 0 Å². The van der Waals surface area contributed by atoms with Crippen molar-refractivity contribution in [3.05, 3.63) is 63.3 Å². The van der Waals surface area contributed by atoms with Crippen molar-refractivity contribution in [3.8, 4) is 0 Å². The van der Waals surface area contributed by atoms with Crippen LogP contribution in [0.3, 0.4) is 0 Å². The molecule has 0 amide bonds. The van der Waals surface area contributed by atoms with Gasteiger partial charge in [-0.1, -0.05) is 19.1 Å². The Hall–Kier alpha value is -2.01. The van der Waals surface area contributed by atoms with Crippen LogP contribution in [0.25, 0.3) is 0 Å². The molecule has 116 valence electrons. The molecule has 0 N–H and O–H groups in total. The Labute approximate surface area is 129 Å². The van der Waals surface area contributed by atoms with Gasteiger partial charge in [0.05, 0.1) is 5.69 Å². The highest BCUT2D eigenvalue weighted by molar-refractivity contribution is 5.22. The zero-order valence-corrected chi connectivity index (χ0v) is 12.9. The number of aryl methyl sites for hydroxylation is 1. The number of rotatable bonds is 3. The molecule has 3 rings (SSSR count). The van der Waals surface area contributed by atoms with Gasteiger partial charge in [-0.3, -0.25) is 9.69 Å². The average molecular weight is 301 g/mol. The molecule has 0 saturated carbocycles. The summed E-state index contributed by atoms with van der Waals surface area (Å²) in [6.45, 7) is 4.72. The summed E-state index contributed by atoms with van der Waals surface area (Å²) in [5, 5.41) is 4.33. The topological polar surface area (TPSA) is 38.1 Å². The molecular formula is C17H20FN3O. The Kier molecular flexibility index (Phi) is 4.07. The van der Waals surface area contributed by atoms with Crippen LogP contribution in [0, 0.1) is 5.82 Å². The van der Waals surface area contributed by atoms with E-state index in [4.69, 9.17) is 0 Å². The van der Waals surface area contributed by atoms with Crippen LogP contribution in [0.2, 0.25) is 0 Å². The number of aromatic nitrogens is 2. The maximum atomic E-state index is 13.0. The first-order valence-corrected chi connectivity index (χ1v) is 7.57. The predicted molar refractivity (Wildman–Crippen MR) is 83.3 cm³/mol. The van der Waals surface area contributed by atoms with Crippen molar-refractivity contribution < 1.29 is 4.39 Å². The smallest absolute Gasteiger partial charge is 0.266 e. The lowest BCUT2D eigenvalue weighted by Gasteiger charge is -2.30. The predicted octanol–water partition coefficient (Wildman–Crippen LogP) is 2.08. The van der Waals surface area contributed by atoms with Gasteiger partial charge in [0.2, 0.25) is 0 Å². The minimum Gasteiger partial charge on any atom is -0.298 e. The minimum absolute atomic E-state index is 0.0628. The summed E-state index contributed by atoms with van der Waals surface area (Å²) in [5.74, 6) is 0.117. The largest absolute Gasteiger partial charge is 0.298 e. The van der Waals surface area contributed by atoms with Crippen LogP contribution >= 0.6 is 0 Å². The van der Waals surface area contributed by atoms with Gasteiger partial charge in [0.1, 0.15) is 5.82 Å². The zero-order chi connectivity index (χ0) is 15.7. The second-order valence-corrected chi connectivity index (χ2v) is 6.02. The summed E-state index contributed by atoms with van der Waals surface area (Å²) in [4.78, 5) is 14.1. The van der Waals surface area contributed by atoms with Crippen LogP contribution in [-0.4, -0.2) is 27.8 Å². The lowest BCUT2D eigenvalue weighted by molar-refractivity contribution is 0.238. The fourth-order valence-corrected chi connectivity index (χ4v) is 2.99. The quantitative estimate of drug-likeness (QED) is 0.871. The van der Waals surface area contributed by atoms with Crippen molar-refractivity contribution >= 4 is 0 Å². The summed E-state index contributed by atoms with van der Waals surface area (Å²) in [5.41, 5.74) is 3.12. The minimum atomic E-state index is -0.204. The van der Waals surface area contributed by atoms with Crippen molar-refractivity contribution in [3.63, 3.8) is 0 Å². The maximum Gasteiger partial charge on any atom is 0.266 e. The molecule has 2 heterocycles. The number of hydrogen-bond donors (Lipinski definition) is 0. The van der Waals surface area contributed by atoms with Crippen LogP contribution in [0.1, 0.15) is 29.7 Å². The SMILES string of the molecule is CC(CN1CCc2nn(C)c(=O)cc2C1)c1ccc(F)cc1. The number of nitrogens with zero attached hydrogens (tertiary/aromatic N) is 3. The Morgan fingerprint density at radius 2 is 2.05 bits per heavy atom. The number of hydrogen-bond acceptors (Lipinski definition) is 3. The van der Waals surface area contributed by atoms with Crippen molar-refractivity contribution in [1.82, 2.24) is 14.7 Å². The molecular weight excluding hydrogens is 281 g/mol. The van der Waals surface area contributed by atoms with Gasteiger partial charge in [-0.05, 0) is 29.2 Å². The number of fused-ring (bicyclic) bond motifs is 1. The molecule has 1 aliphatic rings. The van der Waals surface area contributed by atoms with Gasteiger partial charge < -0.3 is 0 Å². The third-order valence-corrected chi connectivity index (χ3v) is 4.29. The highest BCUT2D eigenvalue weighted by Crippen LogP contribution is 2.21. The van der Waals surface area contributed by atoms with E-state index in [0.29, 0.717) is 5.92 Å². The third-order valence-electron chi connectivity index (χ3n) is 4.29. The van der Waals surface area contributed by atoms with E-state index in [0.717, 1.165) is 42.9 Å². The van der Waals surface area contributed by atoms with E-state index in [1.54, 1.807) is 13.1 Å². The van der Waals surface area contributed by atoms with Crippen LogP contribution in [-0.2, 0) is 20.0 Å². The van der Waals surface area contributed by atoms with Gasteiger partial charge in [0, 0.05) is 39.2 Å². The molecule has 5 heteroatoms. The monoisotopic (exact) mass is 301 g/mol. The van der Waals surface area contributed by atoms with E-state index in [-0.39, 0.29) is 11.4 Å². The first-order chi connectivity index (χ1) is 10.5. The lowest BCUT2D eigenvalue weighted by Crippen LogP contribution is -2.36. The van der Waals surface area contributed by atoms with Gasteiger partial charge in [-0.25, -0.2) is 9.07 Å². The molecule has 4 nitrogen and oxygen atoms in total. The van der Waals surface area contributed by atoms with Crippen LogP contribution in [0.4, 0.5) is 4.39 Å². The third kappa shape index (κ3) is 3.09. The molecule has 0 saturated heterocycles. The summed E-state index contributed by atoms with van der Waals surface area (Å²) in [7, 11) is 1.69. The van der Waals surface area contributed by atoms with Crippen molar-refractivity contribution in [1.29, 1.82) is 0 Å². The molecule has 0 radical (unpaired) electrons. The molecule has 2 aromatic rings. The first-order valence-electron chi connectivity index (χ1n) is 7.57. The van der Waals surface area contributed by atoms with Crippen LogP contribution in [0.5, 0.6) is 0 Å². The normalized spacial score (nSPS) is 16.3. The molecule has 1 aromatic heterocycles. The average Bonchev–Trinajstić information content (AvgIpc) is 2.49. The fourth-order valence-electron chi connectivity index (χ4n) is 2.99. The second kappa shape index (κ2) is 6.01. The molecule has 1 unspecified atom stereocenters. The lowest BCUT2D eigenvalue weighted by atomic mass is 9.98. The molecule has 1 atom stereocenters. The van der Waals surface area contributed by atoms with E-state index >= 15 is 0 Å². The Balaban J connectivity index is 1.71. The molecule has 22 heavy (non-hydrogen) atoms. The van der Waals surface area contributed by atoms with Gasteiger partial charge in [0.15, 0.2) is 0 Å². The van der Waals surface area contributed by atoms with Gasteiger partial charge in [-0.2, -0.15) is 5.10 Å². The Morgan fingerprint density at radius 1 is 1.32 bits per heavy atom. The van der Waals surface area contributed by atoms with Gasteiger partial charge in [-0.15, -0.1) is 0 Å².